The van der Waals surface area contributed by atoms with Crippen molar-refractivity contribution >= 4 is 13.5 Å². The Hall–Kier alpha value is -3.15. The third kappa shape index (κ3) is 4.16. The zero-order chi connectivity index (χ0) is 20.2. The number of nitrogens with zero attached hydrogens (tertiary/aromatic N) is 3. The summed E-state index contributed by atoms with van der Waals surface area (Å²) in [6, 6.07) is 15.2. The molecule has 0 bridgehead atoms. The molecule has 29 heavy (non-hydrogen) atoms. The van der Waals surface area contributed by atoms with E-state index in [0.29, 0.717) is 35.1 Å². The molecule has 0 aliphatic heterocycles. The Morgan fingerprint density at radius 2 is 1.93 bits per heavy atom. The van der Waals surface area contributed by atoms with Crippen LogP contribution in [0, 0.1) is 0 Å². The van der Waals surface area contributed by atoms with Gasteiger partial charge < -0.3 is 14.0 Å². The number of benzene rings is 1. The summed E-state index contributed by atoms with van der Waals surface area (Å²) in [4.78, 5) is 23.8. The molecule has 3 heterocycles. The minimum absolute atomic E-state index is 0.313. The molecule has 0 radical (unpaired) electrons. The van der Waals surface area contributed by atoms with Gasteiger partial charge in [0.25, 0.3) is 5.56 Å². The van der Waals surface area contributed by atoms with E-state index in [-0.39, 0.29) is 5.56 Å². The van der Waals surface area contributed by atoms with E-state index in [4.69, 9.17) is 9.05 Å². The van der Waals surface area contributed by atoms with Gasteiger partial charge in [-0.25, -0.2) is 4.98 Å². The molecular formula is C21H19N4O3P. The average molecular weight is 406 g/mol. The van der Waals surface area contributed by atoms with Gasteiger partial charge in [0.1, 0.15) is 17.0 Å². The van der Waals surface area contributed by atoms with Crippen LogP contribution in [0.3, 0.4) is 0 Å². The van der Waals surface area contributed by atoms with Crippen LogP contribution >= 0.6 is 8.15 Å². The minimum Gasteiger partial charge on any atom is -0.355 e. The Balaban J connectivity index is 1.58. The van der Waals surface area contributed by atoms with Crippen molar-refractivity contribution in [2.45, 2.75) is 6.92 Å². The summed E-state index contributed by atoms with van der Waals surface area (Å²) in [7, 11) is -0.617. The molecule has 1 unspecified atom stereocenters. The normalized spacial score (nSPS) is 12.1. The van der Waals surface area contributed by atoms with Crippen molar-refractivity contribution in [3.05, 3.63) is 71.3 Å². The smallest absolute Gasteiger partial charge is 0.262 e. The van der Waals surface area contributed by atoms with E-state index >= 15 is 0 Å². The number of hydrogen-bond acceptors (Lipinski definition) is 6. The number of H-pyrrole nitrogens is 1. The van der Waals surface area contributed by atoms with Gasteiger partial charge in [-0.1, -0.05) is 35.5 Å². The van der Waals surface area contributed by atoms with Crippen LogP contribution in [0.25, 0.3) is 34.1 Å². The number of aromatic nitrogens is 4. The number of hydrogen-bond donors (Lipinski definition) is 1. The third-order valence-electron chi connectivity index (χ3n) is 4.33. The quantitative estimate of drug-likeness (QED) is 0.489. The van der Waals surface area contributed by atoms with Gasteiger partial charge in [0.15, 0.2) is 11.6 Å². The van der Waals surface area contributed by atoms with Gasteiger partial charge in [0.2, 0.25) is 0 Å². The van der Waals surface area contributed by atoms with Crippen LogP contribution in [-0.4, -0.2) is 33.4 Å². The molecule has 0 amide bonds. The van der Waals surface area contributed by atoms with Gasteiger partial charge in [-0.05, 0) is 25.7 Å². The Morgan fingerprint density at radius 3 is 2.62 bits per heavy atom. The maximum atomic E-state index is 12.5. The Labute approximate surface area is 168 Å². The van der Waals surface area contributed by atoms with E-state index in [9.17, 15) is 4.79 Å². The number of pyridine rings is 1. The predicted octanol–water partition coefficient (Wildman–Crippen LogP) is 3.84. The van der Waals surface area contributed by atoms with Gasteiger partial charge in [-0.15, -0.1) is 0 Å². The molecule has 0 fully saturated rings. The van der Waals surface area contributed by atoms with E-state index in [1.54, 1.807) is 24.4 Å². The second kappa shape index (κ2) is 8.47. The summed E-state index contributed by atoms with van der Waals surface area (Å²) >= 11 is 0. The zero-order valence-electron chi connectivity index (χ0n) is 16.0. The fourth-order valence-corrected chi connectivity index (χ4v) is 3.96. The molecule has 0 aliphatic carbocycles. The van der Waals surface area contributed by atoms with Crippen molar-refractivity contribution in [2.75, 3.05) is 13.3 Å². The molecule has 1 aromatic carbocycles. The molecule has 8 heteroatoms. The van der Waals surface area contributed by atoms with Crippen molar-refractivity contribution in [3.8, 4) is 34.1 Å². The van der Waals surface area contributed by atoms with Gasteiger partial charge in [0.05, 0.1) is 8.15 Å². The van der Waals surface area contributed by atoms with Gasteiger partial charge in [-0.3, -0.25) is 9.78 Å². The Bertz CT molecular complexity index is 1160. The van der Waals surface area contributed by atoms with Crippen LogP contribution in [0.2, 0.25) is 0 Å². The summed E-state index contributed by atoms with van der Waals surface area (Å²) in [5.74, 6) is 0.762. The summed E-state index contributed by atoms with van der Waals surface area (Å²) in [5.41, 5.74) is 2.15. The summed E-state index contributed by atoms with van der Waals surface area (Å²) in [5, 5.41) is 5.25. The molecule has 1 N–H and O–H groups in total. The van der Waals surface area contributed by atoms with Crippen molar-refractivity contribution in [1.29, 1.82) is 0 Å². The second-order valence-electron chi connectivity index (χ2n) is 6.23. The van der Waals surface area contributed by atoms with Crippen LogP contribution in [0.15, 0.2) is 70.2 Å². The highest BCUT2D eigenvalue weighted by Gasteiger charge is 2.14. The van der Waals surface area contributed by atoms with E-state index < -0.39 is 8.15 Å². The van der Waals surface area contributed by atoms with Crippen LogP contribution in [0.1, 0.15) is 6.92 Å². The molecule has 1 atom stereocenters. The first-order chi connectivity index (χ1) is 14.2. The van der Waals surface area contributed by atoms with Crippen molar-refractivity contribution in [2.24, 2.45) is 0 Å². The lowest BCUT2D eigenvalue weighted by Gasteiger charge is -2.11. The molecular weight excluding hydrogens is 387 g/mol. The Morgan fingerprint density at radius 1 is 1.10 bits per heavy atom. The van der Waals surface area contributed by atoms with Crippen LogP contribution in [0.5, 0.6) is 0 Å². The summed E-state index contributed by atoms with van der Waals surface area (Å²) in [6.45, 7) is 4.76. The second-order valence-corrected chi connectivity index (χ2v) is 8.00. The number of aromatic amines is 1. The summed E-state index contributed by atoms with van der Waals surface area (Å²) < 4.78 is 11.1. The SMILES string of the molecule is CCOP(C)c1ccc(-c2cc(-c3cnc(-c4ccccn4)[nH]c3=O)on2)cc1. The molecule has 4 aromatic rings. The predicted molar refractivity (Wildman–Crippen MR) is 113 cm³/mol. The van der Waals surface area contributed by atoms with Gasteiger partial charge in [0, 0.05) is 35.9 Å². The molecule has 0 saturated carbocycles. The first kappa shape index (κ1) is 19.2. The van der Waals surface area contributed by atoms with Gasteiger partial charge >= 0.3 is 0 Å². The first-order valence-corrected chi connectivity index (χ1v) is 10.8. The highest BCUT2D eigenvalue weighted by atomic mass is 31.1. The molecule has 146 valence electrons. The van der Waals surface area contributed by atoms with Crippen molar-refractivity contribution in [3.63, 3.8) is 0 Å². The minimum atomic E-state index is -0.617. The fourth-order valence-electron chi connectivity index (χ4n) is 2.85. The largest absolute Gasteiger partial charge is 0.355 e. The molecule has 0 aliphatic rings. The molecule has 4 rings (SSSR count). The van der Waals surface area contributed by atoms with Crippen LogP contribution in [0.4, 0.5) is 0 Å². The Kier molecular flexibility index (Phi) is 5.60. The average Bonchev–Trinajstić information content (AvgIpc) is 3.24. The lowest BCUT2D eigenvalue weighted by molar-refractivity contribution is 0.386. The fraction of sp³-hybridized carbons (Fsp3) is 0.143. The number of rotatable bonds is 6. The van der Waals surface area contributed by atoms with Crippen molar-refractivity contribution < 1.29 is 9.05 Å². The third-order valence-corrected chi connectivity index (χ3v) is 6.00. The first-order valence-electron chi connectivity index (χ1n) is 9.10. The van der Waals surface area contributed by atoms with E-state index in [2.05, 4.69) is 26.8 Å². The highest BCUT2D eigenvalue weighted by Crippen LogP contribution is 2.31. The number of nitrogens with one attached hydrogen (secondary N) is 1. The summed E-state index contributed by atoms with van der Waals surface area (Å²) in [6.07, 6.45) is 3.12. The topological polar surface area (TPSA) is 93.9 Å². The molecule has 7 nitrogen and oxygen atoms in total. The van der Waals surface area contributed by atoms with E-state index in [0.717, 1.165) is 10.9 Å². The maximum Gasteiger partial charge on any atom is 0.262 e. The molecule has 0 saturated heterocycles. The van der Waals surface area contributed by atoms with Crippen LogP contribution in [-0.2, 0) is 4.52 Å². The highest BCUT2D eigenvalue weighted by molar-refractivity contribution is 7.60. The zero-order valence-corrected chi connectivity index (χ0v) is 16.9. The lowest BCUT2D eigenvalue weighted by atomic mass is 10.1. The maximum absolute atomic E-state index is 12.5. The molecule has 3 aromatic heterocycles. The monoisotopic (exact) mass is 406 g/mol. The molecule has 0 spiro atoms. The van der Waals surface area contributed by atoms with Crippen LogP contribution < -0.4 is 10.9 Å². The lowest BCUT2D eigenvalue weighted by Crippen LogP contribution is -2.11. The van der Waals surface area contributed by atoms with E-state index in [1.807, 2.05) is 37.3 Å². The standard InChI is InChI=1S/C21H19N4O3P/c1-3-27-29(2)15-9-7-14(8-10-15)18-12-19(28-25-18)16-13-23-20(24-21(16)26)17-6-4-5-11-22-17/h4-13H,3H2,1-2H3,(H,23,24,26). The van der Waals surface area contributed by atoms with E-state index in [1.165, 1.54) is 6.20 Å². The van der Waals surface area contributed by atoms with Gasteiger partial charge in [-0.2, -0.15) is 0 Å². The van der Waals surface area contributed by atoms with Crippen molar-refractivity contribution in [1.82, 2.24) is 20.1 Å².